The SMILES string of the molecule is CS(=O)(=O)NCc1ccc(C(=O)N2C[C@@H](N)[C@H](c3ccccc3)C2)o1. The Morgan fingerprint density at radius 2 is 1.96 bits per heavy atom. The van der Waals surface area contributed by atoms with Gasteiger partial charge in [-0.25, -0.2) is 13.1 Å². The van der Waals surface area contributed by atoms with Crippen LogP contribution in [-0.2, 0) is 16.6 Å². The number of carbonyl (C=O) groups excluding carboxylic acids is 1. The number of carbonyl (C=O) groups is 1. The Morgan fingerprint density at radius 1 is 1.24 bits per heavy atom. The summed E-state index contributed by atoms with van der Waals surface area (Å²) < 4.78 is 30.0. The first-order valence-electron chi connectivity index (χ1n) is 7.96. The second-order valence-electron chi connectivity index (χ2n) is 6.25. The molecule has 3 rings (SSSR count). The highest BCUT2D eigenvalue weighted by molar-refractivity contribution is 7.88. The molecule has 134 valence electrons. The third-order valence-electron chi connectivity index (χ3n) is 4.26. The lowest BCUT2D eigenvalue weighted by Gasteiger charge is -2.15. The minimum atomic E-state index is -3.32. The largest absolute Gasteiger partial charge is 0.455 e. The number of hydrogen-bond acceptors (Lipinski definition) is 5. The van der Waals surface area contributed by atoms with Crippen molar-refractivity contribution in [1.82, 2.24) is 9.62 Å². The fraction of sp³-hybridized carbons (Fsp3) is 0.353. The number of likely N-dealkylation sites (tertiary alicyclic amines) is 1. The van der Waals surface area contributed by atoms with Crippen LogP contribution in [0.2, 0.25) is 0 Å². The molecule has 1 saturated heterocycles. The average Bonchev–Trinajstić information content (AvgIpc) is 3.19. The Morgan fingerprint density at radius 3 is 2.64 bits per heavy atom. The number of rotatable bonds is 5. The first-order valence-corrected chi connectivity index (χ1v) is 9.86. The van der Waals surface area contributed by atoms with Crippen molar-refractivity contribution in [3.63, 3.8) is 0 Å². The molecule has 7 nitrogen and oxygen atoms in total. The van der Waals surface area contributed by atoms with Crippen molar-refractivity contribution in [2.45, 2.75) is 18.5 Å². The van der Waals surface area contributed by atoms with Crippen LogP contribution in [0.15, 0.2) is 46.9 Å². The summed E-state index contributed by atoms with van der Waals surface area (Å²) in [4.78, 5) is 14.3. The van der Waals surface area contributed by atoms with Crippen LogP contribution in [0.1, 0.15) is 27.8 Å². The number of sulfonamides is 1. The van der Waals surface area contributed by atoms with Gasteiger partial charge in [0.2, 0.25) is 10.0 Å². The lowest BCUT2D eigenvalue weighted by atomic mass is 9.95. The maximum absolute atomic E-state index is 12.6. The second-order valence-corrected chi connectivity index (χ2v) is 8.08. The van der Waals surface area contributed by atoms with E-state index in [-0.39, 0.29) is 30.2 Å². The minimum absolute atomic E-state index is 0.0122. The van der Waals surface area contributed by atoms with Gasteiger partial charge in [0.05, 0.1) is 12.8 Å². The molecular formula is C17H21N3O4S. The van der Waals surface area contributed by atoms with Gasteiger partial charge in [0.25, 0.3) is 5.91 Å². The molecular weight excluding hydrogens is 342 g/mol. The van der Waals surface area contributed by atoms with Crippen molar-refractivity contribution in [3.05, 3.63) is 59.5 Å². The first kappa shape index (κ1) is 17.7. The minimum Gasteiger partial charge on any atom is -0.455 e. The van der Waals surface area contributed by atoms with Crippen LogP contribution in [0.4, 0.5) is 0 Å². The molecule has 2 aromatic rings. The summed E-state index contributed by atoms with van der Waals surface area (Å²) in [6.07, 6.45) is 1.07. The van der Waals surface area contributed by atoms with E-state index in [0.29, 0.717) is 18.8 Å². The van der Waals surface area contributed by atoms with Crippen molar-refractivity contribution in [3.8, 4) is 0 Å². The van der Waals surface area contributed by atoms with Gasteiger partial charge in [-0.2, -0.15) is 0 Å². The second kappa shape index (κ2) is 6.99. The van der Waals surface area contributed by atoms with Gasteiger partial charge in [-0.3, -0.25) is 4.79 Å². The van der Waals surface area contributed by atoms with Crippen molar-refractivity contribution in [2.24, 2.45) is 5.73 Å². The predicted octanol–water partition coefficient (Wildman–Crippen LogP) is 0.896. The maximum atomic E-state index is 12.6. The molecule has 1 fully saturated rings. The zero-order valence-corrected chi connectivity index (χ0v) is 14.7. The molecule has 0 unspecified atom stereocenters. The molecule has 1 aliphatic rings. The molecule has 0 spiro atoms. The van der Waals surface area contributed by atoms with Crippen LogP contribution in [0.5, 0.6) is 0 Å². The van der Waals surface area contributed by atoms with Crippen LogP contribution >= 0.6 is 0 Å². The molecule has 1 amide bonds. The molecule has 1 aromatic carbocycles. The number of nitrogens with two attached hydrogens (primary N) is 1. The molecule has 2 heterocycles. The third kappa shape index (κ3) is 4.28. The summed E-state index contributed by atoms with van der Waals surface area (Å²) in [6.45, 7) is 0.996. The highest BCUT2D eigenvalue weighted by Gasteiger charge is 2.35. The highest BCUT2D eigenvalue weighted by atomic mass is 32.2. The summed E-state index contributed by atoms with van der Waals surface area (Å²) in [5.74, 6) is 0.425. The molecule has 25 heavy (non-hydrogen) atoms. The fourth-order valence-corrected chi connectivity index (χ4v) is 3.40. The molecule has 1 aliphatic heterocycles. The summed E-state index contributed by atoms with van der Waals surface area (Å²) in [5, 5.41) is 0. The first-order chi connectivity index (χ1) is 11.8. The lowest BCUT2D eigenvalue weighted by Crippen LogP contribution is -2.32. The molecule has 1 aromatic heterocycles. The molecule has 3 N–H and O–H groups in total. The Kier molecular flexibility index (Phi) is 4.94. The number of nitrogens with one attached hydrogen (secondary N) is 1. The predicted molar refractivity (Wildman–Crippen MR) is 93.5 cm³/mol. The number of benzene rings is 1. The van der Waals surface area contributed by atoms with Crippen molar-refractivity contribution >= 4 is 15.9 Å². The molecule has 0 saturated carbocycles. The Balaban J connectivity index is 1.67. The van der Waals surface area contributed by atoms with Crippen molar-refractivity contribution < 1.29 is 17.6 Å². The van der Waals surface area contributed by atoms with E-state index >= 15 is 0 Å². The number of hydrogen-bond donors (Lipinski definition) is 2. The van der Waals surface area contributed by atoms with E-state index in [2.05, 4.69) is 4.72 Å². The normalized spacial score (nSPS) is 20.8. The van der Waals surface area contributed by atoms with Gasteiger partial charge >= 0.3 is 0 Å². The van der Waals surface area contributed by atoms with Gasteiger partial charge in [0, 0.05) is 25.0 Å². The smallest absolute Gasteiger partial charge is 0.289 e. The summed E-state index contributed by atoms with van der Waals surface area (Å²) in [5.41, 5.74) is 7.33. The molecule has 0 bridgehead atoms. The van der Waals surface area contributed by atoms with Gasteiger partial charge in [-0.1, -0.05) is 30.3 Å². The monoisotopic (exact) mass is 363 g/mol. The summed E-state index contributed by atoms with van der Waals surface area (Å²) in [6, 6.07) is 12.9. The highest BCUT2D eigenvalue weighted by Crippen LogP contribution is 2.27. The van der Waals surface area contributed by atoms with E-state index in [1.165, 1.54) is 0 Å². The van der Waals surface area contributed by atoms with E-state index in [4.69, 9.17) is 10.2 Å². The summed E-state index contributed by atoms with van der Waals surface area (Å²) in [7, 11) is -3.32. The Hall–Kier alpha value is -2.16. The fourth-order valence-electron chi connectivity index (χ4n) is 2.99. The zero-order valence-electron chi connectivity index (χ0n) is 13.9. The standard InChI is InChI=1S/C17H21N3O4S/c1-25(22,23)19-9-13-7-8-16(24-13)17(21)20-10-14(15(18)11-20)12-5-3-2-4-6-12/h2-8,14-15,19H,9-11,18H2,1H3/t14-,15+/m0/s1. The van der Waals surface area contributed by atoms with E-state index in [9.17, 15) is 13.2 Å². The maximum Gasteiger partial charge on any atom is 0.289 e. The van der Waals surface area contributed by atoms with Crippen LogP contribution < -0.4 is 10.5 Å². The Labute approximate surface area is 146 Å². The van der Waals surface area contributed by atoms with Gasteiger partial charge in [0.1, 0.15) is 5.76 Å². The van der Waals surface area contributed by atoms with Crippen molar-refractivity contribution in [1.29, 1.82) is 0 Å². The summed E-state index contributed by atoms with van der Waals surface area (Å²) >= 11 is 0. The number of amides is 1. The van der Waals surface area contributed by atoms with E-state index in [1.54, 1.807) is 17.0 Å². The van der Waals surface area contributed by atoms with E-state index in [0.717, 1.165) is 11.8 Å². The molecule has 0 radical (unpaired) electrons. The third-order valence-corrected chi connectivity index (χ3v) is 4.93. The van der Waals surface area contributed by atoms with Crippen LogP contribution in [0.25, 0.3) is 0 Å². The van der Waals surface area contributed by atoms with Gasteiger partial charge < -0.3 is 15.1 Å². The Bertz CT molecular complexity index is 848. The number of nitrogens with zero attached hydrogens (tertiary/aromatic N) is 1. The average molecular weight is 363 g/mol. The van der Waals surface area contributed by atoms with Gasteiger partial charge in [-0.05, 0) is 17.7 Å². The zero-order chi connectivity index (χ0) is 18.0. The van der Waals surface area contributed by atoms with Gasteiger partial charge in [0.15, 0.2) is 5.76 Å². The van der Waals surface area contributed by atoms with E-state index in [1.807, 2.05) is 30.3 Å². The molecule has 0 aliphatic carbocycles. The molecule has 8 heteroatoms. The van der Waals surface area contributed by atoms with Gasteiger partial charge in [-0.15, -0.1) is 0 Å². The number of furan rings is 1. The van der Waals surface area contributed by atoms with Crippen LogP contribution in [0, 0.1) is 0 Å². The van der Waals surface area contributed by atoms with E-state index < -0.39 is 10.0 Å². The van der Waals surface area contributed by atoms with Crippen molar-refractivity contribution in [2.75, 3.05) is 19.3 Å². The lowest BCUT2D eigenvalue weighted by molar-refractivity contribution is 0.0755. The van der Waals surface area contributed by atoms with Crippen LogP contribution in [0.3, 0.4) is 0 Å². The topological polar surface area (TPSA) is 106 Å². The van der Waals surface area contributed by atoms with Crippen LogP contribution in [-0.4, -0.2) is 44.6 Å². The quantitative estimate of drug-likeness (QED) is 0.821. The molecule has 2 atom stereocenters.